The van der Waals surface area contributed by atoms with Crippen LogP contribution in [0.2, 0.25) is 0 Å². The summed E-state index contributed by atoms with van der Waals surface area (Å²) in [7, 11) is 3.19. The third-order valence-corrected chi connectivity index (χ3v) is 9.82. The second-order valence-electron chi connectivity index (χ2n) is 15.7. The summed E-state index contributed by atoms with van der Waals surface area (Å²) in [5.74, 6) is 0.594. The van der Waals surface area contributed by atoms with Gasteiger partial charge in [0.2, 0.25) is 11.8 Å². The van der Waals surface area contributed by atoms with Gasteiger partial charge in [0.05, 0.1) is 44.1 Å². The van der Waals surface area contributed by atoms with E-state index in [0.717, 1.165) is 16.0 Å². The molecule has 290 valence electrons. The summed E-state index contributed by atoms with van der Waals surface area (Å²) in [5.41, 5.74) is 2.80. The molecule has 1 saturated heterocycles. The topological polar surface area (TPSA) is 157 Å². The van der Waals surface area contributed by atoms with Crippen LogP contribution in [-0.4, -0.2) is 118 Å². The number of carbonyl (C=O) groups excluding carboxylic acids is 2. The van der Waals surface area contributed by atoms with E-state index in [1.54, 1.807) is 25.1 Å². The van der Waals surface area contributed by atoms with E-state index in [1.165, 1.54) is 11.3 Å². The molecule has 0 unspecified atom stereocenters. The number of piperazine rings is 1. The molecule has 0 aliphatic carbocycles. The van der Waals surface area contributed by atoms with Gasteiger partial charge in [-0.25, -0.2) is 9.78 Å². The highest BCUT2D eigenvalue weighted by molar-refractivity contribution is 7.07. The molecule has 3 amide bonds. The quantitative estimate of drug-likeness (QED) is 0.177. The number of methoxy groups -OCH3 is 2. The van der Waals surface area contributed by atoms with Gasteiger partial charge in [-0.05, 0) is 55.9 Å². The van der Waals surface area contributed by atoms with Gasteiger partial charge >= 0.3 is 6.09 Å². The number of hydrogen-bond donors (Lipinski definition) is 4. The van der Waals surface area contributed by atoms with Crippen molar-refractivity contribution in [2.75, 3.05) is 40.4 Å². The smallest absolute Gasteiger partial charge is 0.408 e. The minimum absolute atomic E-state index is 0.0573. The number of aliphatic hydroxyl groups excluding tert-OH is 1. The largest absolute Gasteiger partial charge is 0.493 e. The predicted molar refractivity (Wildman–Crippen MR) is 205 cm³/mol. The number of nitrogens with one attached hydrogen (secondary N) is 2. The lowest BCUT2D eigenvalue weighted by atomic mass is 9.84. The zero-order valence-corrected chi connectivity index (χ0v) is 33.0. The Labute approximate surface area is 317 Å². The van der Waals surface area contributed by atoms with Crippen molar-refractivity contribution in [2.45, 2.75) is 90.8 Å². The van der Waals surface area contributed by atoms with Gasteiger partial charge in [-0.1, -0.05) is 57.2 Å². The van der Waals surface area contributed by atoms with E-state index in [0.29, 0.717) is 49.8 Å². The Balaban J connectivity index is 1.59. The van der Waals surface area contributed by atoms with Crippen molar-refractivity contribution in [3.05, 3.63) is 76.2 Å². The van der Waals surface area contributed by atoms with Crippen LogP contribution in [0.4, 0.5) is 4.79 Å². The fourth-order valence-electron chi connectivity index (χ4n) is 6.72. The van der Waals surface area contributed by atoms with Crippen molar-refractivity contribution < 1.29 is 34.1 Å². The minimum atomic E-state index is -1.24. The van der Waals surface area contributed by atoms with Crippen molar-refractivity contribution in [1.82, 2.24) is 30.3 Å². The van der Waals surface area contributed by atoms with Crippen LogP contribution < -0.4 is 20.1 Å². The highest BCUT2D eigenvalue weighted by Crippen LogP contribution is 2.29. The third-order valence-electron chi connectivity index (χ3n) is 9.18. The van der Waals surface area contributed by atoms with Crippen LogP contribution in [0.15, 0.2) is 59.4 Å². The number of hydrogen-bond acceptors (Lipinski definition) is 10. The Kier molecular flexibility index (Phi) is 14.3. The number of aliphatic hydroxyl groups is 1. The standard InChI is InChI=1S/C39H56N6O7S/c1-38(2,3)34(45(37(49)50)21-28-24-53-25-40-28)36(48)41-29(18-26-12-10-9-11-13-26)31(46)23-44-17-16-43(22-30(44)35(47)42-39(4,5)6)20-27-14-15-32(51-7)33(19-27)52-8/h9-15,19,24-25,29-31,34,46H,16-18,20-23H2,1-8H3,(H,41,48)(H,42,47)(H,49,50)/t29-,30-,31+,34+/m0/s1. The molecule has 0 saturated carbocycles. The van der Waals surface area contributed by atoms with E-state index in [9.17, 15) is 24.6 Å². The summed E-state index contributed by atoms with van der Waals surface area (Å²) < 4.78 is 10.9. The average molecular weight is 753 g/mol. The van der Waals surface area contributed by atoms with Gasteiger partial charge in [-0.3, -0.25) is 24.3 Å². The maximum atomic E-state index is 14.2. The van der Waals surface area contributed by atoms with Crippen LogP contribution in [-0.2, 0) is 29.1 Å². The van der Waals surface area contributed by atoms with Gasteiger partial charge in [0.15, 0.2) is 11.5 Å². The molecule has 3 aromatic rings. The van der Waals surface area contributed by atoms with Crippen LogP contribution in [0.3, 0.4) is 0 Å². The minimum Gasteiger partial charge on any atom is -0.493 e. The SMILES string of the molecule is COc1ccc(CN2CCN(C[C@@H](O)[C@H](Cc3ccccc3)NC(=O)[C@@H](N(Cc3cscn3)C(=O)O)C(C)(C)C)[C@H](C(=O)NC(C)(C)C)C2)cc1OC. The van der Waals surface area contributed by atoms with E-state index in [4.69, 9.17) is 9.47 Å². The number of carboxylic acid groups (broad SMARTS) is 1. The number of β-amino-alcohol motifs (C(OH)–C–C–N with tert-alkyl or cyclic N) is 1. The number of carbonyl (C=O) groups is 3. The molecule has 2 aromatic carbocycles. The molecule has 53 heavy (non-hydrogen) atoms. The molecule has 14 heteroatoms. The van der Waals surface area contributed by atoms with Gasteiger partial charge in [0.25, 0.3) is 0 Å². The van der Waals surface area contributed by atoms with E-state index in [-0.39, 0.29) is 19.0 Å². The molecular formula is C39H56N6O7S. The maximum absolute atomic E-state index is 14.2. The molecule has 1 aromatic heterocycles. The van der Waals surface area contributed by atoms with Crippen molar-refractivity contribution in [3.8, 4) is 11.5 Å². The van der Waals surface area contributed by atoms with E-state index < -0.39 is 47.2 Å². The van der Waals surface area contributed by atoms with E-state index >= 15 is 0 Å². The highest BCUT2D eigenvalue weighted by Gasteiger charge is 2.42. The lowest BCUT2D eigenvalue weighted by molar-refractivity contribution is -0.134. The zero-order valence-electron chi connectivity index (χ0n) is 32.2. The molecule has 0 radical (unpaired) electrons. The zero-order chi connectivity index (χ0) is 38.9. The first-order chi connectivity index (χ1) is 25.0. The molecule has 4 atom stereocenters. The molecule has 0 bridgehead atoms. The van der Waals surface area contributed by atoms with Gasteiger partial charge in [-0.2, -0.15) is 0 Å². The third kappa shape index (κ3) is 11.9. The Hall–Kier alpha value is -4.24. The summed E-state index contributed by atoms with van der Waals surface area (Å²) in [6, 6.07) is 12.8. The Bertz CT molecular complexity index is 1640. The van der Waals surface area contributed by atoms with Crippen molar-refractivity contribution in [2.24, 2.45) is 5.41 Å². The maximum Gasteiger partial charge on any atom is 0.408 e. The average Bonchev–Trinajstić information content (AvgIpc) is 3.60. The number of thiazole rings is 1. The number of rotatable bonds is 15. The molecule has 1 fully saturated rings. The monoisotopic (exact) mass is 752 g/mol. The van der Waals surface area contributed by atoms with Gasteiger partial charge in [0, 0.05) is 43.6 Å². The molecule has 4 rings (SSSR count). The molecule has 13 nitrogen and oxygen atoms in total. The second-order valence-corrected chi connectivity index (χ2v) is 16.4. The summed E-state index contributed by atoms with van der Waals surface area (Å²) in [6.45, 7) is 13.4. The van der Waals surface area contributed by atoms with Crippen LogP contribution in [0.1, 0.15) is 58.4 Å². The van der Waals surface area contributed by atoms with E-state index in [2.05, 4.69) is 20.5 Å². The van der Waals surface area contributed by atoms with Crippen molar-refractivity contribution >= 4 is 29.2 Å². The first kappa shape index (κ1) is 41.5. The number of nitrogens with zero attached hydrogens (tertiary/aromatic N) is 4. The predicted octanol–water partition coefficient (Wildman–Crippen LogP) is 4.24. The number of benzene rings is 2. The molecule has 1 aliphatic rings. The first-order valence-corrected chi connectivity index (χ1v) is 18.8. The lowest BCUT2D eigenvalue weighted by Crippen LogP contribution is -2.63. The molecular weight excluding hydrogens is 697 g/mol. The van der Waals surface area contributed by atoms with Crippen LogP contribution in [0.5, 0.6) is 11.5 Å². The van der Waals surface area contributed by atoms with E-state index in [1.807, 2.05) is 95.0 Å². The Morgan fingerprint density at radius 2 is 1.70 bits per heavy atom. The molecule has 0 spiro atoms. The second kappa shape index (κ2) is 18.2. The summed E-state index contributed by atoms with van der Waals surface area (Å²) in [5, 5.41) is 30.2. The fourth-order valence-corrected chi connectivity index (χ4v) is 7.27. The number of ether oxygens (including phenoxy) is 2. The van der Waals surface area contributed by atoms with Crippen molar-refractivity contribution in [3.63, 3.8) is 0 Å². The van der Waals surface area contributed by atoms with Gasteiger partial charge < -0.3 is 30.3 Å². The van der Waals surface area contributed by atoms with Crippen LogP contribution in [0, 0.1) is 5.41 Å². The Morgan fingerprint density at radius 1 is 1.00 bits per heavy atom. The normalized spacial score (nSPS) is 17.3. The van der Waals surface area contributed by atoms with Gasteiger partial charge in [0.1, 0.15) is 12.1 Å². The molecule has 4 N–H and O–H groups in total. The van der Waals surface area contributed by atoms with Crippen LogP contribution in [0.25, 0.3) is 0 Å². The highest BCUT2D eigenvalue weighted by atomic mass is 32.1. The van der Waals surface area contributed by atoms with Crippen LogP contribution >= 0.6 is 11.3 Å². The molecule has 2 heterocycles. The van der Waals surface area contributed by atoms with Crippen molar-refractivity contribution in [1.29, 1.82) is 0 Å². The van der Waals surface area contributed by atoms with Gasteiger partial charge in [-0.15, -0.1) is 11.3 Å². The first-order valence-electron chi connectivity index (χ1n) is 17.9. The number of amides is 3. The summed E-state index contributed by atoms with van der Waals surface area (Å²) >= 11 is 1.35. The number of aromatic nitrogens is 1. The Morgan fingerprint density at radius 3 is 2.28 bits per heavy atom. The summed E-state index contributed by atoms with van der Waals surface area (Å²) in [4.78, 5) is 50.3. The molecule has 1 aliphatic heterocycles. The lowest BCUT2D eigenvalue weighted by Gasteiger charge is -2.43. The fraction of sp³-hybridized carbons (Fsp3) is 0.538. The summed E-state index contributed by atoms with van der Waals surface area (Å²) in [6.07, 6.45) is -2.05.